The van der Waals surface area contributed by atoms with E-state index in [0.29, 0.717) is 19.6 Å². The van der Waals surface area contributed by atoms with E-state index < -0.39 is 10.8 Å². The molecule has 7 heteroatoms. The maximum absolute atomic E-state index is 11.8. The van der Waals surface area contributed by atoms with Gasteiger partial charge in [-0.2, -0.15) is 0 Å². The number of nitrogens with zero attached hydrogens (tertiary/aromatic N) is 1. The normalized spacial score (nSPS) is 10.1. The molecule has 1 aromatic carbocycles. The van der Waals surface area contributed by atoms with Gasteiger partial charge in [0.1, 0.15) is 11.3 Å². The topological polar surface area (TPSA) is 107 Å². The van der Waals surface area contributed by atoms with Gasteiger partial charge in [-0.1, -0.05) is 6.07 Å². The highest BCUT2D eigenvalue weighted by Crippen LogP contribution is 2.25. The fourth-order valence-corrected chi connectivity index (χ4v) is 1.46. The van der Waals surface area contributed by atoms with E-state index >= 15 is 0 Å². The zero-order valence-corrected chi connectivity index (χ0v) is 10.0. The number of rotatable bonds is 6. The molecule has 0 saturated carbocycles. The smallest absolute Gasteiger partial charge is 0.304 e. The molecule has 1 amide bonds. The number of nitrogens with one attached hydrogen (secondary N) is 1. The second kappa shape index (κ2) is 6.55. The van der Waals surface area contributed by atoms with Crippen molar-refractivity contribution in [1.82, 2.24) is 5.32 Å². The highest BCUT2D eigenvalue weighted by atomic mass is 16.6. The summed E-state index contributed by atoms with van der Waals surface area (Å²) in [6, 6.07) is 4.27. The second-order valence-corrected chi connectivity index (χ2v) is 3.60. The molecule has 1 rings (SSSR count). The minimum Gasteiger partial charge on any atom is -0.393 e. The van der Waals surface area contributed by atoms with E-state index in [4.69, 9.17) is 10.5 Å². The Labute approximate surface area is 104 Å². The number of methoxy groups -OCH3 is 1. The molecular formula is C11H15N3O4. The third kappa shape index (κ3) is 3.42. The number of ether oxygens (including phenoxy) is 1. The van der Waals surface area contributed by atoms with Crippen LogP contribution in [0.25, 0.3) is 0 Å². The molecule has 0 aromatic heterocycles. The zero-order valence-electron chi connectivity index (χ0n) is 10.0. The molecule has 0 radical (unpaired) electrons. The first-order chi connectivity index (χ1) is 8.57. The predicted octanol–water partition coefficient (Wildman–Crippen LogP) is 0.943. The van der Waals surface area contributed by atoms with Gasteiger partial charge in [-0.05, 0) is 18.6 Å². The number of nitrogens with two attached hydrogens (primary N) is 1. The van der Waals surface area contributed by atoms with Crippen LogP contribution in [0.15, 0.2) is 18.2 Å². The van der Waals surface area contributed by atoms with Gasteiger partial charge in [-0.3, -0.25) is 14.9 Å². The highest BCUT2D eigenvalue weighted by molar-refractivity contribution is 6.00. The van der Waals surface area contributed by atoms with Gasteiger partial charge in [0.25, 0.3) is 5.91 Å². The maximum atomic E-state index is 11.8. The number of carbonyl (C=O) groups is 1. The Kier molecular flexibility index (Phi) is 5.06. The molecule has 1 aromatic rings. The van der Waals surface area contributed by atoms with Crippen molar-refractivity contribution in [2.45, 2.75) is 6.42 Å². The van der Waals surface area contributed by atoms with Gasteiger partial charge < -0.3 is 15.8 Å². The lowest BCUT2D eigenvalue weighted by Gasteiger charge is -2.06. The van der Waals surface area contributed by atoms with Crippen LogP contribution in [-0.4, -0.2) is 31.1 Å². The van der Waals surface area contributed by atoms with Crippen molar-refractivity contribution in [2.75, 3.05) is 26.0 Å². The lowest BCUT2D eigenvalue weighted by atomic mass is 10.1. The summed E-state index contributed by atoms with van der Waals surface area (Å²) in [5.41, 5.74) is 5.08. The van der Waals surface area contributed by atoms with Crippen LogP contribution < -0.4 is 11.1 Å². The fourth-order valence-electron chi connectivity index (χ4n) is 1.46. The average Bonchev–Trinajstić information content (AvgIpc) is 2.33. The minimum absolute atomic E-state index is 0.0236. The Morgan fingerprint density at radius 2 is 2.28 bits per heavy atom. The molecule has 0 aliphatic rings. The van der Waals surface area contributed by atoms with Gasteiger partial charge in [-0.15, -0.1) is 0 Å². The van der Waals surface area contributed by atoms with E-state index in [9.17, 15) is 14.9 Å². The number of nitro groups is 1. The van der Waals surface area contributed by atoms with Crippen LogP contribution >= 0.6 is 0 Å². The van der Waals surface area contributed by atoms with Crippen LogP contribution in [-0.2, 0) is 4.74 Å². The number of para-hydroxylation sites is 1. The number of nitro benzene ring substituents is 1. The standard InChI is InChI=1S/C11H15N3O4/c1-18-7-3-6-13-11(15)8-4-2-5-9(12)10(8)14(16)17/h2,4-5H,3,6-7,12H2,1H3,(H,13,15). The molecule has 0 fully saturated rings. The lowest BCUT2D eigenvalue weighted by molar-refractivity contribution is -0.384. The third-order valence-corrected chi connectivity index (χ3v) is 2.31. The maximum Gasteiger partial charge on any atom is 0.304 e. The predicted molar refractivity (Wildman–Crippen MR) is 66.3 cm³/mol. The van der Waals surface area contributed by atoms with Gasteiger partial charge >= 0.3 is 5.69 Å². The molecular weight excluding hydrogens is 238 g/mol. The quantitative estimate of drug-likeness (QED) is 0.339. The summed E-state index contributed by atoms with van der Waals surface area (Å²) in [7, 11) is 1.56. The molecule has 0 spiro atoms. The molecule has 0 unspecified atom stereocenters. The molecule has 0 aliphatic heterocycles. The number of anilines is 1. The van der Waals surface area contributed by atoms with Crippen molar-refractivity contribution in [2.24, 2.45) is 0 Å². The summed E-state index contributed by atoms with van der Waals surface area (Å²) in [4.78, 5) is 22.0. The minimum atomic E-state index is -0.653. The molecule has 0 atom stereocenters. The van der Waals surface area contributed by atoms with E-state index in [2.05, 4.69) is 5.32 Å². The summed E-state index contributed by atoms with van der Waals surface area (Å²) in [5, 5.41) is 13.4. The number of amides is 1. The number of benzene rings is 1. The van der Waals surface area contributed by atoms with E-state index in [1.807, 2.05) is 0 Å². The summed E-state index contributed by atoms with van der Waals surface area (Å²) < 4.78 is 4.83. The summed E-state index contributed by atoms with van der Waals surface area (Å²) >= 11 is 0. The largest absolute Gasteiger partial charge is 0.393 e. The Balaban J connectivity index is 2.79. The number of nitrogen functional groups attached to an aromatic ring is 1. The molecule has 0 heterocycles. The first kappa shape index (κ1) is 13.9. The summed E-state index contributed by atoms with van der Waals surface area (Å²) in [5.74, 6) is -0.509. The van der Waals surface area contributed by atoms with Gasteiger partial charge in [0.05, 0.1) is 4.92 Å². The first-order valence-electron chi connectivity index (χ1n) is 5.38. The Morgan fingerprint density at radius 3 is 2.89 bits per heavy atom. The van der Waals surface area contributed by atoms with Crippen molar-refractivity contribution in [1.29, 1.82) is 0 Å². The van der Waals surface area contributed by atoms with Gasteiger partial charge in [0, 0.05) is 20.3 Å². The monoisotopic (exact) mass is 253 g/mol. The molecule has 0 bridgehead atoms. The molecule has 98 valence electrons. The molecule has 3 N–H and O–H groups in total. The van der Waals surface area contributed by atoms with Crippen molar-refractivity contribution in [3.63, 3.8) is 0 Å². The van der Waals surface area contributed by atoms with Gasteiger partial charge in [-0.25, -0.2) is 0 Å². The van der Waals surface area contributed by atoms with Gasteiger partial charge in [0.2, 0.25) is 0 Å². The van der Waals surface area contributed by atoms with Crippen LogP contribution in [0.2, 0.25) is 0 Å². The zero-order chi connectivity index (χ0) is 13.5. The van der Waals surface area contributed by atoms with Crippen molar-refractivity contribution < 1.29 is 14.5 Å². The van der Waals surface area contributed by atoms with E-state index in [1.165, 1.54) is 18.2 Å². The van der Waals surface area contributed by atoms with Crippen molar-refractivity contribution >= 4 is 17.3 Å². The van der Waals surface area contributed by atoms with Crippen molar-refractivity contribution in [3.8, 4) is 0 Å². The molecule has 7 nitrogen and oxygen atoms in total. The second-order valence-electron chi connectivity index (χ2n) is 3.60. The van der Waals surface area contributed by atoms with Crippen LogP contribution in [0.3, 0.4) is 0 Å². The summed E-state index contributed by atoms with van der Waals surface area (Å²) in [6.45, 7) is 0.901. The van der Waals surface area contributed by atoms with E-state index in [-0.39, 0.29) is 16.9 Å². The van der Waals surface area contributed by atoms with Crippen molar-refractivity contribution in [3.05, 3.63) is 33.9 Å². The van der Waals surface area contributed by atoms with E-state index in [0.717, 1.165) is 0 Å². The molecule has 0 aliphatic carbocycles. The van der Waals surface area contributed by atoms with Gasteiger partial charge in [0.15, 0.2) is 0 Å². The number of hydrogen-bond acceptors (Lipinski definition) is 5. The average molecular weight is 253 g/mol. The molecule has 18 heavy (non-hydrogen) atoms. The van der Waals surface area contributed by atoms with Crippen LogP contribution in [0.4, 0.5) is 11.4 Å². The van der Waals surface area contributed by atoms with Crippen LogP contribution in [0.5, 0.6) is 0 Å². The first-order valence-corrected chi connectivity index (χ1v) is 5.38. The molecule has 0 saturated heterocycles. The fraction of sp³-hybridized carbons (Fsp3) is 0.364. The summed E-state index contributed by atoms with van der Waals surface area (Å²) in [6.07, 6.45) is 0.637. The lowest BCUT2D eigenvalue weighted by Crippen LogP contribution is -2.26. The number of carbonyl (C=O) groups excluding carboxylic acids is 1. The van der Waals surface area contributed by atoms with Crippen LogP contribution in [0, 0.1) is 10.1 Å². The Morgan fingerprint density at radius 1 is 1.56 bits per heavy atom. The van der Waals surface area contributed by atoms with E-state index in [1.54, 1.807) is 7.11 Å². The van der Waals surface area contributed by atoms with Crippen LogP contribution in [0.1, 0.15) is 16.8 Å². The Hall–Kier alpha value is -2.15. The highest BCUT2D eigenvalue weighted by Gasteiger charge is 2.22. The third-order valence-electron chi connectivity index (χ3n) is 2.31. The SMILES string of the molecule is COCCCNC(=O)c1cccc(N)c1[N+](=O)[O-]. The Bertz CT molecular complexity index is 448. The number of hydrogen-bond donors (Lipinski definition) is 2.